The lowest BCUT2D eigenvalue weighted by atomic mass is 9.95. The molecule has 6 nitrogen and oxygen atoms in total. The lowest BCUT2D eigenvalue weighted by Crippen LogP contribution is -2.29. The summed E-state index contributed by atoms with van der Waals surface area (Å²) in [6.07, 6.45) is 10.3. The van der Waals surface area contributed by atoms with E-state index in [4.69, 9.17) is 0 Å². The van der Waals surface area contributed by atoms with Gasteiger partial charge in [-0.15, -0.1) is 0 Å². The molecule has 0 radical (unpaired) electrons. The highest BCUT2D eigenvalue weighted by atomic mass is 79.9. The highest BCUT2D eigenvalue weighted by Gasteiger charge is 2.19. The highest BCUT2D eigenvalue weighted by Crippen LogP contribution is 2.28. The number of benzene rings is 1. The standard InChI is InChI=1S/C23H20BrFN6.2C2H6/c1-15(16-2-4-20(25)5-3-16)18-11-26-22(27-12-18)17-6-8-30(9-7-17)23-21-10-19(24)13-31(21)29-14-28-23;2*1-2/h2-6,10-15H,7-9H2,1H3;2*1-2H3. The molecule has 0 bridgehead atoms. The SMILES string of the molecule is CC.CC.CC(c1ccc(F)cc1)c1cnc(C2=CCN(c3ncnn4cc(Br)cc34)CC2)nc1. The van der Waals surface area contributed by atoms with E-state index in [9.17, 15) is 4.39 Å². The van der Waals surface area contributed by atoms with Gasteiger partial charge in [-0.05, 0) is 57.2 Å². The first-order valence-corrected chi connectivity index (χ1v) is 12.9. The Morgan fingerprint density at radius 2 is 1.66 bits per heavy atom. The number of rotatable bonds is 4. The molecule has 3 aromatic heterocycles. The maximum Gasteiger partial charge on any atom is 0.156 e. The van der Waals surface area contributed by atoms with Crippen molar-refractivity contribution in [1.29, 1.82) is 0 Å². The summed E-state index contributed by atoms with van der Waals surface area (Å²) in [4.78, 5) is 15.9. The van der Waals surface area contributed by atoms with Crippen LogP contribution >= 0.6 is 15.9 Å². The van der Waals surface area contributed by atoms with Crippen LogP contribution in [0.15, 0.2) is 65.8 Å². The molecule has 1 unspecified atom stereocenters. The van der Waals surface area contributed by atoms with Crippen molar-refractivity contribution in [3.8, 4) is 0 Å². The molecule has 0 spiro atoms. The quantitative estimate of drug-likeness (QED) is 0.282. The van der Waals surface area contributed by atoms with Crippen molar-refractivity contribution in [2.45, 2.75) is 47.0 Å². The maximum absolute atomic E-state index is 13.2. The molecule has 0 saturated carbocycles. The van der Waals surface area contributed by atoms with Crippen LogP contribution in [-0.4, -0.2) is 37.7 Å². The summed E-state index contributed by atoms with van der Waals surface area (Å²) in [6.45, 7) is 11.6. The van der Waals surface area contributed by atoms with Crippen LogP contribution in [0.5, 0.6) is 0 Å². The van der Waals surface area contributed by atoms with Gasteiger partial charge in [-0.25, -0.2) is 23.9 Å². The van der Waals surface area contributed by atoms with Crippen LogP contribution in [0.4, 0.5) is 10.2 Å². The fourth-order valence-corrected chi connectivity index (χ4v) is 4.28. The summed E-state index contributed by atoms with van der Waals surface area (Å²) in [5, 5.41) is 4.26. The molecule has 0 saturated heterocycles. The Morgan fingerprint density at radius 1 is 0.971 bits per heavy atom. The zero-order valence-electron chi connectivity index (χ0n) is 20.9. The number of halogens is 2. The molecule has 1 aliphatic rings. The monoisotopic (exact) mass is 538 g/mol. The first-order valence-electron chi connectivity index (χ1n) is 12.1. The fourth-order valence-electron chi connectivity index (χ4n) is 3.86. The second kappa shape index (κ2) is 12.5. The Labute approximate surface area is 215 Å². The van der Waals surface area contributed by atoms with E-state index in [1.54, 1.807) is 18.5 Å². The smallest absolute Gasteiger partial charge is 0.156 e. The average molecular weight is 539 g/mol. The van der Waals surface area contributed by atoms with E-state index >= 15 is 0 Å². The molecule has 1 aliphatic heterocycles. The van der Waals surface area contributed by atoms with Crippen LogP contribution in [0.25, 0.3) is 11.1 Å². The molecule has 35 heavy (non-hydrogen) atoms. The first-order chi connectivity index (χ1) is 17.1. The molecule has 4 heterocycles. The highest BCUT2D eigenvalue weighted by molar-refractivity contribution is 9.10. The third kappa shape index (κ3) is 6.11. The van der Waals surface area contributed by atoms with Gasteiger partial charge in [-0.2, -0.15) is 5.10 Å². The van der Waals surface area contributed by atoms with Crippen molar-refractivity contribution in [3.05, 3.63) is 88.6 Å². The molecular weight excluding hydrogens is 507 g/mol. The van der Waals surface area contributed by atoms with Gasteiger partial charge in [-0.1, -0.05) is 52.8 Å². The van der Waals surface area contributed by atoms with E-state index in [2.05, 4.69) is 53.9 Å². The molecule has 184 valence electrons. The van der Waals surface area contributed by atoms with E-state index in [1.807, 2.05) is 56.9 Å². The van der Waals surface area contributed by atoms with Crippen LogP contribution in [0.3, 0.4) is 0 Å². The van der Waals surface area contributed by atoms with Gasteiger partial charge in [0.15, 0.2) is 11.6 Å². The second-order valence-electron chi connectivity index (χ2n) is 7.61. The van der Waals surface area contributed by atoms with E-state index < -0.39 is 0 Å². The van der Waals surface area contributed by atoms with E-state index in [-0.39, 0.29) is 11.7 Å². The molecule has 1 aromatic carbocycles. The summed E-state index contributed by atoms with van der Waals surface area (Å²) in [5.74, 6) is 1.55. The predicted octanol–water partition coefficient (Wildman–Crippen LogP) is 6.92. The average Bonchev–Trinajstić information content (AvgIpc) is 3.31. The lowest BCUT2D eigenvalue weighted by Gasteiger charge is -2.27. The Balaban J connectivity index is 0.000000815. The third-order valence-corrected chi connectivity index (χ3v) is 6.12. The fraction of sp³-hybridized carbons (Fsp3) is 0.333. The van der Waals surface area contributed by atoms with Crippen molar-refractivity contribution < 1.29 is 4.39 Å². The Morgan fingerprint density at radius 3 is 2.29 bits per heavy atom. The van der Waals surface area contributed by atoms with Gasteiger partial charge in [0.05, 0.1) is 0 Å². The molecule has 5 rings (SSSR count). The van der Waals surface area contributed by atoms with Gasteiger partial charge in [-0.3, -0.25) is 0 Å². The lowest BCUT2D eigenvalue weighted by molar-refractivity contribution is 0.626. The van der Waals surface area contributed by atoms with Gasteiger partial charge >= 0.3 is 0 Å². The topological polar surface area (TPSA) is 59.2 Å². The van der Waals surface area contributed by atoms with Crippen molar-refractivity contribution in [1.82, 2.24) is 24.6 Å². The molecule has 8 heteroatoms. The minimum Gasteiger partial charge on any atom is -0.351 e. The van der Waals surface area contributed by atoms with Crippen molar-refractivity contribution in [3.63, 3.8) is 0 Å². The summed E-state index contributed by atoms with van der Waals surface area (Å²) >= 11 is 3.50. The Bertz CT molecular complexity index is 1250. The zero-order chi connectivity index (χ0) is 25.4. The Hall–Kier alpha value is -3.13. The first kappa shape index (κ1) is 26.5. The zero-order valence-corrected chi connectivity index (χ0v) is 22.5. The normalized spacial score (nSPS) is 13.8. The molecule has 4 aromatic rings. The molecule has 0 amide bonds. The summed E-state index contributed by atoms with van der Waals surface area (Å²) in [5.41, 5.74) is 4.16. The van der Waals surface area contributed by atoms with Crippen molar-refractivity contribution >= 4 is 32.8 Å². The molecular formula is C27H32BrFN6. The molecule has 0 N–H and O–H groups in total. The molecule has 1 atom stereocenters. The third-order valence-electron chi connectivity index (χ3n) is 5.69. The minimum absolute atomic E-state index is 0.104. The van der Waals surface area contributed by atoms with Crippen LogP contribution in [0.2, 0.25) is 0 Å². The number of nitrogens with zero attached hydrogens (tertiary/aromatic N) is 6. The van der Waals surface area contributed by atoms with Gasteiger partial charge < -0.3 is 4.90 Å². The largest absolute Gasteiger partial charge is 0.351 e. The van der Waals surface area contributed by atoms with Gasteiger partial charge in [0.25, 0.3) is 0 Å². The number of fused-ring (bicyclic) bond motifs is 1. The van der Waals surface area contributed by atoms with Crippen molar-refractivity contribution in [2.75, 3.05) is 18.0 Å². The number of hydrogen-bond acceptors (Lipinski definition) is 5. The minimum atomic E-state index is -0.229. The second-order valence-corrected chi connectivity index (χ2v) is 8.53. The van der Waals surface area contributed by atoms with E-state index in [1.165, 1.54) is 12.1 Å². The van der Waals surface area contributed by atoms with E-state index in [0.29, 0.717) is 0 Å². The Kier molecular flexibility index (Phi) is 9.48. The van der Waals surface area contributed by atoms with Crippen LogP contribution in [0.1, 0.15) is 63.9 Å². The van der Waals surface area contributed by atoms with Gasteiger partial charge in [0, 0.05) is 42.1 Å². The molecule has 0 aliphatic carbocycles. The van der Waals surface area contributed by atoms with E-state index in [0.717, 1.165) is 57.8 Å². The van der Waals surface area contributed by atoms with Crippen LogP contribution < -0.4 is 4.90 Å². The van der Waals surface area contributed by atoms with Gasteiger partial charge in [0.2, 0.25) is 0 Å². The number of aromatic nitrogens is 5. The van der Waals surface area contributed by atoms with Crippen LogP contribution in [0, 0.1) is 5.82 Å². The number of hydrogen-bond donors (Lipinski definition) is 0. The van der Waals surface area contributed by atoms with Crippen molar-refractivity contribution in [2.24, 2.45) is 0 Å². The predicted molar refractivity (Wildman–Crippen MR) is 144 cm³/mol. The van der Waals surface area contributed by atoms with Crippen LogP contribution in [-0.2, 0) is 0 Å². The summed E-state index contributed by atoms with van der Waals surface area (Å²) in [7, 11) is 0. The number of anilines is 1. The summed E-state index contributed by atoms with van der Waals surface area (Å²) in [6, 6.07) is 8.60. The van der Waals surface area contributed by atoms with Gasteiger partial charge in [0.1, 0.15) is 17.7 Å². The molecule has 0 fully saturated rings. The summed E-state index contributed by atoms with van der Waals surface area (Å²) < 4.78 is 16.0. The maximum atomic E-state index is 13.2.